The summed E-state index contributed by atoms with van der Waals surface area (Å²) in [6.07, 6.45) is 5.76. The van der Waals surface area contributed by atoms with E-state index < -0.39 is 0 Å². The second-order valence-electron chi connectivity index (χ2n) is 4.89. The van der Waals surface area contributed by atoms with E-state index in [2.05, 4.69) is 22.7 Å². The van der Waals surface area contributed by atoms with Gasteiger partial charge < -0.3 is 5.73 Å². The predicted molar refractivity (Wildman–Crippen MR) is 75.8 cm³/mol. The number of aromatic nitrogens is 2. The van der Waals surface area contributed by atoms with Gasteiger partial charge in [0.25, 0.3) is 0 Å². The summed E-state index contributed by atoms with van der Waals surface area (Å²) >= 11 is 1.69. The highest BCUT2D eigenvalue weighted by molar-refractivity contribution is 7.08. The van der Waals surface area contributed by atoms with Crippen LogP contribution in [0, 0.1) is 6.92 Å². The molecule has 0 atom stereocenters. The Bertz CT molecular complexity index is 574. The summed E-state index contributed by atoms with van der Waals surface area (Å²) in [7, 11) is 0. The topological polar surface area (TPSA) is 51.8 Å². The summed E-state index contributed by atoms with van der Waals surface area (Å²) in [6, 6.07) is 0. The Labute approximate surface area is 111 Å². The van der Waals surface area contributed by atoms with Gasteiger partial charge in [-0.25, -0.2) is 9.97 Å². The van der Waals surface area contributed by atoms with E-state index in [0.29, 0.717) is 5.82 Å². The van der Waals surface area contributed by atoms with Crippen LogP contribution in [0.1, 0.15) is 36.1 Å². The molecule has 94 valence electrons. The number of aryl methyl sites for hydroxylation is 2. The number of hydrogen-bond donors (Lipinski definition) is 1. The molecule has 0 radical (unpaired) electrons. The first kappa shape index (κ1) is 11.7. The van der Waals surface area contributed by atoms with Crippen molar-refractivity contribution in [1.82, 2.24) is 9.97 Å². The monoisotopic (exact) mass is 259 g/mol. The second kappa shape index (κ2) is 4.69. The van der Waals surface area contributed by atoms with Crippen molar-refractivity contribution in [3.63, 3.8) is 0 Å². The lowest BCUT2D eigenvalue weighted by molar-refractivity contribution is 0.709. The number of thiophene rings is 1. The summed E-state index contributed by atoms with van der Waals surface area (Å²) in [5.41, 5.74) is 10.8. The Morgan fingerprint density at radius 3 is 2.72 bits per heavy atom. The van der Waals surface area contributed by atoms with Crippen LogP contribution in [0.5, 0.6) is 0 Å². The lowest BCUT2D eigenvalue weighted by atomic mass is 10.1. The number of rotatable bonds is 1. The van der Waals surface area contributed by atoms with Gasteiger partial charge in [-0.1, -0.05) is 6.42 Å². The fourth-order valence-electron chi connectivity index (χ4n) is 2.51. The van der Waals surface area contributed by atoms with Crippen LogP contribution in [0.4, 0.5) is 5.82 Å². The van der Waals surface area contributed by atoms with Crippen LogP contribution in [-0.4, -0.2) is 9.97 Å². The number of nitrogens with two attached hydrogens (primary N) is 1. The van der Waals surface area contributed by atoms with E-state index >= 15 is 0 Å². The Kier molecular flexibility index (Phi) is 3.04. The van der Waals surface area contributed by atoms with Gasteiger partial charge in [0.1, 0.15) is 5.82 Å². The molecule has 2 heterocycles. The molecule has 2 aromatic heterocycles. The summed E-state index contributed by atoms with van der Waals surface area (Å²) in [5.74, 6) is 1.48. The Hall–Kier alpha value is -1.42. The molecule has 3 rings (SSSR count). The number of anilines is 1. The molecule has 1 aliphatic rings. The SMILES string of the molecule is Cc1cscc1-c1nc(N)c2c(n1)CCCCC2. The van der Waals surface area contributed by atoms with Gasteiger partial charge in [0.2, 0.25) is 0 Å². The average molecular weight is 259 g/mol. The molecule has 0 bridgehead atoms. The van der Waals surface area contributed by atoms with E-state index in [0.717, 1.165) is 24.2 Å². The lowest BCUT2D eigenvalue weighted by Gasteiger charge is -2.10. The summed E-state index contributed by atoms with van der Waals surface area (Å²) < 4.78 is 0. The first-order valence-electron chi connectivity index (χ1n) is 6.44. The van der Waals surface area contributed by atoms with E-state index in [4.69, 9.17) is 10.7 Å². The molecule has 2 N–H and O–H groups in total. The van der Waals surface area contributed by atoms with Gasteiger partial charge in [0.05, 0.1) is 0 Å². The maximum absolute atomic E-state index is 6.12. The van der Waals surface area contributed by atoms with Crippen molar-refractivity contribution in [2.45, 2.75) is 39.0 Å². The maximum Gasteiger partial charge on any atom is 0.162 e. The van der Waals surface area contributed by atoms with E-state index in [1.54, 1.807) is 11.3 Å². The van der Waals surface area contributed by atoms with Crippen molar-refractivity contribution in [3.05, 3.63) is 27.6 Å². The molecule has 0 saturated heterocycles. The van der Waals surface area contributed by atoms with E-state index in [-0.39, 0.29) is 0 Å². The highest BCUT2D eigenvalue weighted by Crippen LogP contribution is 2.29. The highest BCUT2D eigenvalue weighted by atomic mass is 32.1. The largest absolute Gasteiger partial charge is 0.383 e. The molecular weight excluding hydrogens is 242 g/mol. The number of hydrogen-bond acceptors (Lipinski definition) is 4. The normalized spacial score (nSPS) is 15.2. The minimum Gasteiger partial charge on any atom is -0.383 e. The first-order chi connectivity index (χ1) is 8.75. The molecule has 0 unspecified atom stereocenters. The molecule has 18 heavy (non-hydrogen) atoms. The van der Waals surface area contributed by atoms with Crippen LogP contribution in [-0.2, 0) is 12.8 Å². The predicted octanol–water partition coefficient (Wildman–Crippen LogP) is 3.36. The van der Waals surface area contributed by atoms with Gasteiger partial charge >= 0.3 is 0 Å². The summed E-state index contributed by atoms with van der Waals surface area (Å²) in [5, 5.41) is 4.23. The third kappa shape index (κ3) is 2.01. The van der Waals surface area contributed by atoms with Crippen molar-refractivity contribution < 1.29 is 0 Å². The van der Waals surface area contributed by atoms with E-state index in [1.807, 2.05) is 0 Å². The van der Waals surface area contributed by atoms with Crippen LogP contribution in [0.3, 0.4) is 0 Å². The van der Waals surface area contributed by atoms with E-state index in [9.17, 15) is 0 Å². The Balaban J connectivity index is 2.11. The van der Waals surface area contributed by atoms with Crippen LogP contribution in [0.25, 0.3) is 11.4 Å². The minimum absolute atomic E-state index is 0.683. The number of nitrogens with zero attached hydrogens (tertiary/aromatic N) is 2. The molecule has 3 nitrogen and oxygen atoms in total. The molecule has 0 aliphatic heterocycles. The fraction of sp³-hybridized carbons (Fsp3) is 0.429. The second-order valence-corrected chi connectivity index (χ2v) is 5.63. The van der Waals surface area contributed by atoms with Gasteiger partial charge in [0.15, 0.2) is 5.82 Å². The van der Waals surface area contributed by atoms with Crippen molar-refractivity contribution in [2.75, 3.05) is 5.73 Å². The first-order valence-corrected chi connectivity index (χ1v) is 7.38. The Morgan fingerprint density at radius 1 is 1.11 bits per heavy atom. The quantitative estimate of drug-likeness (QED) is 0.799. The van der Waals surface area contributed by atoms with E-state index in [1.165, 1.54) is 36.1 Å². The van der Waals surface area contributed by atoms with Crippen molar-refractivity contribution >= 4 is 17.2 Å². The zero-order valence-electron chi connectivity index (χ0n) is 10.6. The zero-order valence-corrected chi connectivity index (χ0v) is 11.4. The molecule has 0 aromatic carbocycles. The van der Waals surface area contributed by atoms with Crippen molar-refractivity contribution in [3.8, 4) is 11.4 Å². The maximum atomic E-state index is 6.12. The fourth-order valence-corrected chi connectivity index (χ4v) is 3.34. The van der Waals surface area contributed by atoms with Crippen LogP contribution in [0.15, 0.2) is 10.8 Å². The van der Waals surface area contributed by atoms with Crippen molar-refractivity contribution in [2.24, 2.45) is 0 Å². The molecule has 0 saturated carbocycles. The molecule has 0 amide bonds. The molecule has 4 heteroatoms. The highest BCUT2D eigenvalue weighted by Gasteiger charge is 2.16. The standard InChI is InChI=1S/C14H17N3S/c1-9-7-18-8-11(9)14-16-12-6-4-2-3-5-10(12)13(15)17-14/h7-8H,2-6H2,1H3,(H2,15,16,17). The van der Waals surface area contributed by atoms with Gasteiger partial charge in [-0.3, -0.25) is 0 Å². The molecule has 0 spiro atoms. The molecule has 1 aliphatic carbocycles. The average Bonchev–Trinajstić information content (AvgIpc) is 2.63. The zero-order chi connectivity index (χ0) is 12.5. The minimum atomic E-state index is 0.683. The van der Waals surface area contributed by atoms with Crippen molar-refractivity contribution in [1.29, 1.82) is 0 Å². The smallest absolute Gasteiger partial charge is 0.162 e. The summed E-state index contributed by atoms with van der Waals surface area (Å²) in [6.45, 7) is 2.09. The summed E-state index contributed by atoms with van der Waals surface area (Å²) in [4.78, 5) is 9.26. The molecule has 2 aromatic rings. The molecule has 0 fully saturated rings. The Morgan fingerprint density at radius 2 is 1.94 bits per heavy atom. The van der Waals surface area contributed by atoms with Crippen LogP contribution < -0.4 is 5.73 Å². The van der Waals surface area contributed by atoms with Crippen LogP contribution in [0.2, 0.25) is 0 Å². The van der Waals surface area contributed by atoms with Gasteiger partial charge in [-0.15, -0.1) is 0 Å². The van der Waals surface area contributed by atoms with Crippen LogP contribution >= 0.6 is 11.3 Å². The van der Waals surface area contributed by atoms with Gasteiger partial charge in [-0.05, 0) is 43.6 Å². The molecular formula is C14H17N3S. The van der Waals surface area contributed by atoms with Gasteiger partial charge in [0, 0.05) is 22.2 Å². The lowest BCUT2D eigenvalue weighted by Crippen LogP contribution is -2.06. The third-order valence-electron chi connectivity index (χ3n) is 3.56. The number of nitrogen functional groups attached to an aromatic ring is 1. The number of fused-ring (bicyclic) bond motifs is 1. The third-order valence-corrected chi connectivity index (χ3v) is 4.42. The van der Waals surface area contributed by atoms with Gasteiger partial charge in [-0.2, -0.15) is 11.3 Å².